The van der Waals surface area contributed by atoms with E-state index in [0.29, 0.717) is 11.6 Å². The molecule has 1 aliphatic carbocycles. The molecule has 0 radical (unpaired) electrons. The Hall–Kier alpha value is -0.860. The highest BCUT2D eigenvalue weighted by Gasteiger charge is 2.46. The zero-order valence-electron chi connectivity index (χ0n) is 14.2. The van der Waals surface area contributed by atoms with E-state index in [2.05, 4.69) is 47.5 Å². The lowest BCUT2D eigenvalue weighted by Gasteiger charge is -2.46. The van der Waals surface area contributed by atoms with Crippen LogP contribution in [0.1, 0.15) is 57.4 Å². The topological polar surface area (TPSA) is 15.3 Å². The largest absolute Gasteiger partial charge is 0.312 e. The van der Waals surface area contributed by atoms with Crippen LogP contribution in [0.5, 0.6) is 0 Å². The number of nitrogens with zero attached hydrogens (tertiary/aromatic N) is 1. The first-order chi connectivity index (χ1) is 10.8. The number of likely N-dealkylation sites (tertiary alicyclic amines) is 1. The van der Waals surface area contributed by atoms with Crippen molar-refractivity contribution in [1.29, 1.82) is 0 Å². The van der Waals surface area contributed by atoms with Gasteiger partial charge in [0.2, 0.25) is 0 Å². The van der Waals surface area contributed by atoms with Gasteiger partial charge in [-0.2, -0.15) is 0 Å². The SMILES string of the molecule is CCCNC(Cc1ccccc1)C1(N2CCCC2)CCCC1. The van der Waals surface area contributed by atoms with Crippen LogP contribution in [-0.2, 0) is 6.42 Å². The predicted molar refractivity (Wildman–Crippen MR) is 94.2 cm³/mol. The molecule has 1 saturated carbocycles. The molecule has 1 heterocycles. The van der Waals surface area contributed by atoms with Crippen molar-refractivity contribution in [2.45, 2.75) is 69.9 Å². The summed E-state index contributed by atoms with van der Waals surface area (Å²) in [6.45, 7) is 6.06. The summed E-state index contributed by atoms with van der Waals surface area (Å²) in [5, 5.41) is 3.94. The number of rotatable bonds is 7. The second-order valence-electron chi connectivity index (χ2n) is 7.20. The van der Waals surface area contributed by atoms with Crippen LogP contribution in [0.15, 0.2) is 30.3 Å². The molecule has 1 unspecified atom stereocenters. The molecule has 2 aliphatic rings. The minimum Gasteiger partial charge on any atom is -0.312 e. The van der Waals surface area contributed by atoms with Gasteiger partial charge in [0.15, 0.2) is 0 Å². The Labute approximate surface area is 136 Å². The monoisotopic (exact) mass is 300 g/mol. The van der Waals surface area contributed by atoms with E-state index in [1.165, 1.54) is 70.0 Å². The van der Waals surface area contributed by atoms with E-state index < -0.39 is 0 Å². The van der Waals surface area contributed by atoms with Crippen LogP contribution in [0.2, 0.25) is 0 Å². The van der Waals surface area contributed by atoms with Crippen LogP contribution in [0.3, 0.4) is 0 Å². The van der Waals surface area contributed by atoms with Crippen molar-refractivity contribution in [3.63, 3.8) is 0 Å². The Kier molecular flexibility index (Phi) is 5.54. The normalized spacial score (nSPS) is 23.0. The van der Waals surface area contributed by atoms with Gasteiger partial charge >= 0.3 is 0 Å². The quantitative estimate of drug-likeness (QED) is 0.818. The van der Waals surface area contributed by atoms with Gasteiger partial charge in [-0.25, -0.2) is 0 Å². The zero-order chi connectivity index (χ0) is 15.3. The summed E-state index contributed by atoms with van der Waals surface area (Å²) in [7, 11) is 0. The molecule has 1 atom stereocenters. The molecule has 1 saturated heterocycles. The van der Waals surface area contributed by atoms with Gasteiger partial charge in [-0.3, -0.25) is 4.90 Å². The molecule has 1 aromatic rings. The van der Waals surface area contributed by atoms with Crippen LogP contribution < -0.4 is 5.32 Å². The van der Waals surface area contributed by atoms with E-state index in [4.69, 9.17) is 0 Å². The van der Waals surface area contributed by atoms with Gasteiger partial charge in [-0.05, 0) is 63.7 Å². The molecule has 3 rings (SSSR count). The molecule has 0 amide bonds. The molecule has 0 bridgehead atoms. The molecule has 1 aliphatic heterocycles. The van der Waals surface area contributed by atoms with Crippen LogP contribution in [0, 0.1) is 0 Å². The Morgan fingerprint density at radius 1 is 1.05 bits per heavy atom. The van der Waals surface area contributed by atoms with Crippen molar-refractivity contribution in [3.05, 3.63) is 35.9 Å². The number of benzene rings is 1. The summed E-state index contributed by atoms with van der Waals surface area (Å²) < 4.78 is 0. The number of nitrogens with one attached hydrogen (secondary N) is 1. The summed E-state index contributed by atoms with van der Waals surface area (Å²) in [5.41, 5.74) is 1.91. The average molecular weight is 300 g/mol. The van der Waals surface area contributed by atoms with Crippen molar-refractivity contribution >= 4 is 0 Å². The minimum absolute atomic E-state index is 0.418. The second-order valence-corrected chi connectivity index (χ2v) is 7.20. The lowest BCUT2D eigenvalue weighted by Crippen LogP contribution is -2.60. The van der Waals surface area contributed by atoms with Crippen molar-refractivity contribution in [3.8, 4) is 0 Å². The van der Waals surface area contributed by atoms with Gasteiger partial charge in [0.1, 0.15) is 0 Å². The summed E-state index contributed by atoms with van der Waals surface area (Å²) in [4.78, 5) is 2.84. The van der Waals surface area contributed by atoms with E-state index in [1.807, 2.05) is 0 Å². The van der Waals surface area contributed by atoms with E-state index >= 15 is 0 Å². The van der Waals surface area contributed by atoms with Crippen molar-refractivity contribution in [1.82, 2.24) is 10.2 Å². The average Bonchev–Trinajstić information content (AvgIpc) is 3.23. The molecule has 0 spiro atoms. The van der Waals surface area contributed by atoms with Crippen molar-refractivity contribution < 1.29 is 0 Å². The molecule has 2 heteroatoms. The number of hydrogen-bond donors (Lipinski definition) is 1. The highest BCUT2D eigenvalue weighted by atomic mass is 15.2. The molecule has 2 nitrogen and oxygen atoms in total. The van der Waals surface area contributed by atoms with Gasteiger partial charge in [0, 0.05) is 11.6 Å². The second kappa shape index (κ2) is 7.61. The van der Waals surface area contributed by atoms with Crippen LogP contribution in [0.4, 0.5) is 0 Å². The van der Waals surface area contributed by atoms with E-state index in [9.17, 15) is 0 Å². The smallest absolute Gasteiger partial charge is 0.0365 e. The summed E-state index contributed by atoms with van der Waals surface area (Å²) in [5.74, 6) is 0. The Balaban J connectivity index is 1.81. The standard InChI is InChI=1S/C20H32N2/c1-2-14-21-19(17-18-10-4-3-5-11-18)20(12-6-7-13-20)22-15-8-9-16-22/h3-5,10-11,19,21H,2,6-9,12-17H2,1H3. The highest BCUT2D eigenvalue weighted by molar-refractivity contribution is 5.19. The predicted octanol–water partition coefficient (Wildman–Crippen LogP) is 4.01. The van der Waals surface area contributed by atoms with Crippen molar-refractivity contribution in [2.24, 2.45) is 0 Å². The maximum atomic E-state index is 3.94. The van der Waals surface area contributed by atoms with Gasteiger partial charge in [-0.1, -0.05) is 50.1 Å². The van der Waals surface area contributed by atoms with Crippen LogP contribution in [-0.4, -0.2) is 36.1 Å². The first-order valence-electron chi connectivity index (χ1n) is 9.37. The maximum Gasteiger partial charge on any atom is 0.0365 e. The first kappa shape index (κ1) is 16.0. The number of hydrogen-bond acceptors (Lipinski definition) is 2. The van der Waals surface area contributed by atoms with Crippen LogP contribution in [0.25, 0.3) is 0 Å². The third kappa shape index (κ3) is 3.38. The third-order valence-electron chi connectivity index (χ3n) is 5.78. The Morgan fingerprint density at radius 2 is 1.73 bits per heavy atom. The summed E-state index contributed by atoms with van der Waals surface area (Å²) >= 11 is 0. The molecular weight excluding hydrogens is 268 g/mol. The highest BCUT2D eigenvalue weighted by Crippen LogP contribution is 2.41. The van der Waals surface area contributed by atoms with Crippen LogP contribution >= 0.6 is 0 Å². The fourth-order valence-corrected chi connectivity index (χ4v) is 4.66. The van der Waals surface area contributed by atoms with E-state index in [-0.39, 0.29) is 0 Å². The molecule has 1 aromatic carbocycles. The first-order valence-corrected chi connectivity index (χ1v) is 9.37. The van der Waals surface area contributed by atoms with Gasteiger partial charge in [0.25, 0.3) is 0 Å². The molecule has 0 aromatic heterocycles. The molecule has 2 fully saturated rings. The zero-order valence-corrected chi connectivity index (χ0v) is 14.2. The fourth-order valence-electron chi connectivity index (χ4n) is 4.66. The molecular formula is C20H32N2. The molecule has 22 heavy (non-hydrogen) atoms. The Bertz CT molecular complexity index is 430. The third-order valence-corrected chi connectivity index (χ3v) is 5.78. The van der Waals surface area contributed by atoms with Gasteiger partial charge in [0.05, 0.1) is 0 Å². The minimum atomic E-state index is 0.418. The van der Waals surface area contributed by atoms with Gasteiger partial charge < -0.3 is 5.32 Å². The summed E-state index contributed by atoms with van der Waals surface area (Å²) in [6.07, 6.45) is 10.8. The lowest BCUT2D eigenvalue weighted by molar-refractivity contribution is 0.0766. The van der Waals surface area contributed by atoms with Crippen molar-refractivity contribution in [2.75, 3.05) is 19.6 Å². The fraction of sp³-hybridized carbons (Fsp3) is 0.700. The maximum absolute atomic E-state index is 3.94. The van der Waals surface area contributed by atoms with E-state index in [1.54, 1.807) is 0 Å². The molecule has 1 N–H and O–H groups in total. The lowest BCUT2D eigenvalue weighted by atomic mass is 9.82. The van der Waals surface area contributed by atoms with E-state index in [0.717, 1.165) is 6.54 Å². The molecule has 122 valence electrons. The summed E-state index contributed by atoms with van der Waals surface area (Å²) in [6, 6.07) is 11.7. The van der Waals surface area contributed by atoms with Gasteiger partial charge in [-0.15, -0.1) is 0 Å². The Morgan fingerprint density at radius 3 is 2.36 bits per heavy atom.